The van der Waals surface area contributed by atoms with Gasteiger partial charge in [-0.1, -0.05) is 30.3 Å². The van der Waals surface area contributed by atoms with Crippen molar-refractivity contribution in [3.63, 3.8) is 0 Å². The van der Waals surface area contributed by atoms with Crippen LogP contribution in [0.1, 0.15) is 11.1 Å². The van der Waals surface area contributed by atoms with Crippen LogP contribution in [0.5, 0.6) is 5.75 Å². The molecule has 0 aliphatic heterocycles. The van der Waals surface area contributed by atoms with Crippen LogP contribution in [0.4, 0.5) is 30.2 Å². The number of nitrogens with zero attached hydrogens (tertiary/aromatic N) is 1. The Kier molecular flexibility index (Phi) is 9.01. The normalized spacial score (nSPS) is 11.9. The first-order valence-electron chi connectivity index (χ1n) is 12.5. The lowest BCUT2D eigenvalue weighted by Gasteiger charge is -2.25. The summed E-state index contributed by atoms with van der Waals surface area (Å²) in [5.41, 5.74) is -0.308. The molecule has 0 atom stereocenters. The second-order valence-corrected chi connectivity index (χ2v) is 12.8. The van der Waals surface area contributed by atoms with Crippen LogP contribution in [-0.4, -0.2) is 36.4 Å². The first-order chi connectivity index (χ1) is 20.2. The maximum Gasteiger partial charge on any atom is 0.416 e. The molecule has 0 radical (unpaired) electrons. The Bertz CT molecular complexity index is 1830. The SMILES string of the molecule is COc1ccc(C)cc1NS(=O)(=O)c1ccc(NC(=O)CN(c2cccc(C(F)(F)F)c2)S(=O)(=O)c2ccccc2)cc1. The van der Waals surface area contributed by atoms with Crippen LogP contribution in [0.3, 0.4) is 0 Å². The number of rotatable bonds is 10. The molecule has 0 bridgehead atoms. The number of hydrogen-bond donors (Lipinski definition) is 2. The summed E-state index contributed by atoms with van der Waals surface area (Å²) in [5, 5.41) is 2.46. The third kappa shape index (κ3) is 7.45. The lowest BCUT2D eigenvalue weighted by Crippen LogP contribution is -2.38. The van der Waals surface area contributed by atoms with Gasteiger partial charge in [0.1, 0.15) is 12.3 Å². The van der Waals surface area contributed by atoms with Gasteiger partial charge >= 0.3 is 6.18 Å². The van der Waals surface area contributed by atoms with Gasteiger partial charge in [0.05, 0.1) is 33.8 Å². The van der Waals surface area contributed by atoms with Gasteiger partial charge in [0.25, 0.3) is 20.0 Å². The van der Waals surface area contributed by atoms with Gasteiger partial charge in [0, 0.05) is 5.69 Å². The van der Waals surface area contributed by atoms with Crippen LogP contribution in [0.25, 0.3) is 0 Å². The largest absolute Gasteiger partial charge is 0.495 e. The molecule has 0 spiro atoms. The maximum absolute atomic E-state index is 13.4. The molecule has 0 saturated carbocycles. The van der Waals surface area contributed by atoms with Crippen LogP contribution < -0.4 is 19.1 Å². The van der Waals surface area contributed by atoms with E-state index in [9.17, 15) is 34.8 Å². The molecule has 4 aromatic carbocycles. The van der Waals surface area contributed by atoms with Crippen LogP contribution in [-0.2, 0) is 31.0 Å². The molecule has 226 valence electrons. The number of methoxy groups -OCH3 is 1. The number of hydrogen-bond acceptors (Lipinski definition) is 6. The Hall–Kier alpha value is -4.56. The van der Waals surface area contributed by atoms with Crippen molar-refractivity contribution in [3.05, 3.63) is 108 Å². The molecule has 0 saturated heterocycles. The highest BCUT2D eigenvalue weighted by Crippen LogP contribution is 2.33. The van der Waals surface area contributed by atoms with Crippen LogP contribution in [0.2, 0.25) is 0 Å². The fourth-order valence-electron chi connectivity index (χ4n) is 4.03. The number of halogens is 3. The average Bonchev–Trinajstić information content (AvgIpc) is 2.96. The third-order valence-electron chi connectivity index (χ3n) is 6.13. The molecule has 0 aliphatic rings. The number of amides is 1. The van der Waals surface area contributed by atoms with Gasteiger partial charge in [-0.3, -0.25) is 13.8 Å². The molecule has 2 N–H and O–H groups in total. The monoisotopic (exact) mass is 633 g/mol. The molecule has 14 heteroatoms. The molecule has 0 fully saturated rings. The van der Waals surface area contributed by atoms with Crippen molar-refractivity contribution in [3.8, 4) is 5.75 Å². The minimum atomic E-state index is -4.75. The minimum Gasteiger partial charge on any atom is -0.495 e. The van der Waals surface area contributed by atoms with Crippen LogP contribution in [0.15, 0.2) is 107 Å². The van der Waals surface area contributed by atoms with Gasteiger partial charge in [-0.15, -0.1) is 0 Å². The van der Waals surface area contributed by atoms with Crippen molar-refractivity contribution in [1.29, 1.82) is 0 Å². The molecular weight excluding hydrogens is 607 g/mol. The van der Waals surface area contributed by atoms with E-state index in [0.717, 1.165) is 23.8 Å². The smallest absolute Gasteiger partial charge is 0.416 e. The number of aryl methyl sites for hydroxylation is 1. The predicted octanol–water partition coefficient (Wildman–Crippen LogP) is 5.66. The fraction of sp³-hybridized carbons (Fsp3) is 0.138. The summed E-state index contributed by atoms with van der Waals surface area (Å²) in [6, 6.07) is 20.6. The highest BCUT2D eigenvalue weighted by Gasteiger charge is 2.33. The number of carbonyl (C=O) groups is 1. The van der Waals surface area contributed by atoms with Gasteiger partial charge < -0.3 is 10.1 Å². The molecule has 0 aliphatic carbocycles. The van der Waals surface area contributed by atoms with E-state index in [-0.39, 0.29) is 26.9 Å². The van der Waals surface area contributed by atoms with E-state index in [4.69, 9.17) is 4.74 Å². The first-order valence-corrected chi connectivity index (χ1v) is 15.5. The number of anilines is 3. The molecule has 9 nitrogen and oxygen atoms in total. The molecule has 0 unspecified atom stereocenters. The van der Waals surface area contributed by atoms with Crippen molar-refractivity contribution in [2.75, 3.05) is 28.0 Å². The summed E-state index contributed by atoms with van der Waals surface area (Å²) in [6.07, 6.45) is -4.75. The Labute approximate surface area is 247 Å². The number of ether oxygens (including phenoxy) is 1. The van der Waals surface area contributed by atoms with Crippen molar-refractivity contribution in [2.24, 2.45) is 0 Å². The van der Waals surface area contributed by atoms with Crippen molar-refractivity contribution < 1.29 is 39.5 Å². The van der Waals surface area contributed by atoms with E-state index < -0.39 is 44.2 Å². The Morgan fingerprint density at radius 1 is 0.837 bits per heavy atom. The zero-order valence-corrected chi connectivity index (χ0v) is 24.4. The number of sulfonamides is 2. The lowest BCUT2D eigenvalue weighted by molar-refractivity contribution is -0.137. The highest BCUT2D eigenvalue weighted by molar-refractivity contribution is 7.93. The van der Waals surface area contributed by atoms with Crippen molar-refractivity contribution in [2.45, 2.75) is 22.9 Å². The topological polar surface area (TPSA) is 122 Å². The van der Waals surface area contributed by atoms with Gasteiger partial charge in [-0.25, -0.2) is 16.8 Å². The van der Waals surface area contributed by atoms with Crippen LogP contribution >= 0.6 is 0 Å². The number of benzene rings is 4. The zero-order chi connectivity index (χ0) is 31.4. The first kappa shape index (κ1) is 31.4. The van der Waals surface area contributed by atoms with E-state index in [2.05, 4.69) is 10.0 Å². The highest BCUT2D eigenvalue weighted by atomic mass is 32.2. The van der Waals surface area contributed by atoms with Gasteiger partial charge in [0.15, 0.2) is 0 Å². The van der Waals surface area contributed by atoms with Crippen LogP contribution in [0, 0.1) is 6.92 Å². The third-order valence-corrected chi connectivity index (χ3v) is 9.30. The van der Waals surface area contributed by atoms with Crippen molar-refractivity contribution in [1.82, 2.24) is 0 Å². The summed E-state index contributed by atoms with van der Waals surface area (Å²) in [4.78, 5) is 12.6. The summed E-state index contributed by atoms with van der Waals surface area (Å²) < 4.78 is 101. The quantitative estimate of drug-likeness (QED) is 0.233. The Morgan fingerprint density at radius 2 is 1.51 bits per heavy atom. The standard InChI is InChI=1S/C29H26F3N3O6S2/c1-20-11-16-27(41-2)26(17-20)34-42(37,38)24-14-12-22(13-15-24)33-28(36)19-35(43(39,40)25-9-4-3-5-10-25)23-8-6-7-21(18-23)29(30,31)32/h3-18,34H,19H2,1-2H3,(H,33,36). The lowest BCUT2D eigenvalue weighted by atomic mass is 10.2. The van der Waals surface area contributed by atoms with Gasteiger partial charge in [-0.2, -0.15) is 13.2 Å². The van der Waals surface area contributed by atoms with E-state index >= 15 is 0 Å². The fourth-order valence-corrected chi connectivity index (χ4v) is 6.52. The molecule has 0 aromatic heterocycles. The Morgan fingerprint density at radius 3 is 2.14 bits per heavy atom. The second kappa shape index (κ2) is 12.4. The maximum atomic E-state index is 13.4. The summed E-state index contributed by atoms with van der Waals surface area (Å²) in [7, 11) is -7.11. The molecular formula is C29H26F3N3O6S2. The zero-order valence-electron chi connectivity index (χ0n) is 22.8. The molecule has 43 heavy (non-hydrogen) atoms. The predicted molar refractivity (Wildman–Crippen MR) is 156 cm³/mol. The second-order valence-electron chi connectivity index (χ2n) is 9.25. The van der Waals surface area contributed by atoms with Crippen molar-refractivity contribution >= 4 is 43.0 Å². The number of nitrogens with one attached hydrogen (secondary N) is 2. The molecule has 4 rings (SSSR count). The molecule has 1 amide bonds. The molecule has 0 heterocycles. The number of alkyl halides is 3. The number of carbonyl (C=O) groups excluding carboxylic acids is 1. The van der Waals surface area contributed by atoms with Gasteiger partial charge in [0.2, 0.25) is 5.91 Å². The van der Waals surface area contributed by atoms with Gasteiger partial charge in [-0.05, 0) is 79.2 Å². The molecule has 4 aromatic rings. The van der Waals surface area contributed by atoms with E-state index in [1.54, 1.807) is 31.2 Å². The minimum absolute atomic E-state index is 0.123. The van der Waals surface area contributed by atoms with E-state index in [1.165, 1.54) is 55.6 Å². The summed E-state index contributed by atoms with van der Waals surface area (Å²) in [5.74, 6) is -0.566. The Balaban J connectivity index is 1.57. The van der Waals surface area contributed by atoms with E-state index in [1.807, 2.05) is 0 Å². The average molecular weight is 634 g/mol. The van der Waals surface area contributed by atoms with E-state index in [0.29, 0.717) is 16.1 Å². The summed E-state index contributed by atoms with van der Waals surface area (Å²) >= 11 is 0. The summed E-state index contributed by atoms with van der Waals surface area (Å²) in [6.45, 7) is 0.918.